The molecule has 4 nitrogen and oxygen atoms in total. The minimum atomic E-state index is -2.43. The minimum absolute atomic E-state index is 0.267. The molecule has 3 aromatic carbocycles. The molecular weight excluding hydrogens is 556 g/mol. The maximum atomic E-state index is 14.7. The van der Waals surface area contributed by atoms with Crippen LogP contribution in [-0.2, 0) is 0 Å². The maximum Gasteiger partial charge on any atom is 0.281 e. The summed E-state index contributed by atoms with van der Waals surface area (Å²) in [4.78, 5) is 13.6. The second-order valence-corrected chi connectivity index (χ2v) is 17.2. The molecule has 0 aromatic heterocycles. The van der Waals surface area contributed by atoms with Crippen molar-refractivity contribution in [1.29, 1.82) is 0 Å². The van der Waals surface area contributed by atoms with Gasteiger partial charge in [0.25, 0.3) is 14.2 Å². The summed E-state index contributed by atoms with van der Waals surface area (Å²) in [7, 11) is -2.43. The highest BCUT2D eigenvalue weighted by Gasteiger charge is 2.48. The molecule has 1 amide bonds. The summed E-state index contributed by atoms with van der Waals surface area (Å²) in [5.74, 6) is -4.73. The van der Waals surface area contributed by atoms with E-state index in [1.54, 1.807) is 12.1 Å². The van der Waals surface area contributed by atoms with E-state index in [0.717, 1.165) is 5.01 Å². The van der Waals surface area contributed by atoms with Crippen LogP contribution in [0.3, 0.4) is 0 Å². The fourth-order valence-electron chi connectivity index (χ4n) is 5.58. The third-order valence-electron chi connectivity index (χ3n) is 7.34. The molecule has 4 rings (SSSR count). The van der Waals surface area contributed by atoms with Crippen LogP contribution in [0.25, 0.3) is 0 Å². The molecule has 1 heterocycles. The Hall–Kier alpha value is -3.11. The van der Waals surface area contributed by atoms with Crippen LogP contribution in [0.1, 0.15) is 68.4 Å². The van der Waals surface area contributed by atoms with Crippen LogP contribution in [0.4, 0.5) is 17.6 Å². The Kier molecular flexibility index (Phi) is 8.79. The summed E-state index contributed by atoms with van der Waals surface area (Å²) in [6.07, 6.45) is 0. The van der Waals surface area contributed by atoms with Gasteiger partial charge in [0, 0.05) is 23.3 Å². The van der Waals surface area contributed by atoms with Crippen molar-refractivity contribution in [3.05, 3.63) is 101 Å². The molecule has 40 heavy (non-hydrogen) atoms. The number of hydrogen-bond donors (Lipinski definition) is 0. The summed E-state index contributed by atoms with van der Waals surface area (Å²) >= 11 is 1.18. The average molecular weight is 589 g/mol. The Morgan fingerprint density at radius 3 is 1.95 bits per heavy atom. The van der Waals surface area contributed by atoms with Crippen molar-refractivity contribution in [2.24, 2.45) is 5.10 Å². The van der Waals surface area contributed by atoms with Gasteiger partial charge in [0.2, 0.25) is 0 Å². The molecule has 1 atom stereocenters. The smallest absolute Gasteiger partial charge is 0.281 e. The third-order valence-corrected chi connectivity index (χ3v) is 14.5. The number of carbonyl (C=O) groups is 1. The highest BCUT2D eigenvalue weighted by atomic mass is 32.2. The lowest BCUT2D eigenvalue weighted by molar-refractivity contribution is 0.0738. The SMILES string of the molecule is CC(C)[Si](Oc1ccccc1C1SC(c2ccc(F)cc2)=NN1C(=O)c1c(F)cc(F)cc1F)(C(C)C)C(C)C. The number of hydrazone groups is 1. The number of hydrogen-bond acceptors (Lipinski definition) is 4. The summed E-state index contributed by atoms with van der Waals surface area (Å²) in [5.41, 5.74) is 1.02. The van der Waals surface area contributed by atoms with Crippen LogP contribution in [0.2, 0.25) is 16.6 Å². The van der Waals surface area contributed by atoms with Crippen molar-refractivity contribution in [3.63, 3.8) is 0 Å². The number of amides is 1. The van der Waals surface area contributed by atoms with Gasteiger partial charge in [-0.2, -0.15) is 5.10 Å². The number of para-hydroxylation sites is 1. The summed E-state index contributed by atoms with van der Waals surface area (Å²) in [6.45, 7) is 12.9. The topological polar surface area (TPSA) is 41.9 Å². The highest BCUT2D eigenvalue weighted by Crippen LogP contribution is 2.49. The minimum Gasteiger partial charge on any atom is -0.542 e. The van der Waals surface area contributed by atoms with E-state index in [0.29, 0.717) is 34.1 Å². The number of thioether (sulfide) groups is 1. The van der Waals surface area contributed by atoms with Crippen molar-refractivity contribution in [2.45, 2.75) is 63.5 Å². The zero-order valence-electron chi connectivity index (χ0n) is 23.2. The Balaban J connectivity index is 1.84. The molecule has 3 aromatic rings. The van der Waals surface area contributed by atoms with Crippen molar-refractivity contribution < 1.29 is 26.8 Å². The van der Waals surface area contributed by atoms with Gasteiger partial charge in [-0.05, 0) is 47.0 Å². The number of halogens is 4. The molecule has 0 aliphatic carbocycles. The Morgan fingerprint density at radius 2 is 1.40 bits per heavy atom. The van der Waals surface area contributed by atoms with Crippen molar-refractivity contribution in [3.8, 4) is 5.75 Å². The fourth-order valence-corrected chi connectivity index (χ4v) is 12.0. The van der Waals surface area contributed by atoms with Crippen molar-refractivity contribution in [2.75, 3.05) is 0 Å². The Morgan fingerprint density at radius 1 is 0.850 bits per heavy atom. The van der Waals surface area contributed by atoms with Gasteiger partial charge in [0.15, 0.2) is 0 Å². The lowest BCUT2D eigenvalue weighted by Crippen LogP contribution is -2.51. The van der Waals surface area contributed by atoms with Crippen LogP contribution in [0.5, 0.6) is 5.75 Å². The van der Waals surface area contributed by atoms with E-state index < -0.39 is 48.4 Å². The Labute approximate surface area is 237 Å². The molecule has 212 valence electrons. The summed E-state index contributed by atoms with van der Waals surface area (Å²) in [5, 5.41) is 4.94. The van der Waals surface area contributed by atoms with Crippen LogP contribution in [-0.4, -0.2) is 24.3 Å². The normalized spacial score (nSPS) is 15.8. The van der Waals surface area contributed by atoms with E-state index in [1.165, 1.54) is 36.0 Å². The zero-order valence-corrected chi connectivity index (χ0v) is 25.0. The molecule has 10 heteroatoms. The van der Waals surface area contributed by atoms with Gasteiger partial charge >= 0.3 is 0 Å². The van der Waals surface area contributed by atoms with E-state index in [1.807, 2.05) is 12.1 Å². The highest BCUT2D eigenvalue weighted by molar-refractivity contribution is 8.14. The van der Waals surface area contributed by atoms with Gasteiger partial charge in [0.1, 0.15) is 45.0 Å². The standard InChI is InChI=1S/C30H32F4N2O2SSi/c1-17(2)40(18(3)4,19(5)6)38-26-10-8-7-9-23(26)30-36(29(37)27-24(33)15-22(32)16-25(27)34)35-28(39-30)20-11-13-21(31)14-12-20/h7-19,30H,1-6H3. The summed E-state index contributed by atoms with van der Waals surface area (Å²) in [6, 6.07) is 13.8. The fraction of sp³-hybridized carbons (Fsp3) is 0.333. The second kappa shape index (κ2) is 11.8. The molecule has 0 N–H and O–H groups in total. The first-order valence-corrected chi connectivity index (χ1v) is 16.2. The molecule has 0 radical (unpaired) electrons. The zero-order chi connectivity index (χ0) is 29.4. The van der Waals surface area contributed by atoms with Gasteiger partial charge in [-0.25, -0.2) is 22.6 Å². The molecule has 0 fully saturated rings. The quantitative estimate of drug-likeness (QED) is 0.195. The Bertz CT molecular complexity index is 1380. The third kappa shape index (κ3) is 5.56. The lowest BCUT2D eigenvalue weighted by atomic mass is 10.1. The largest absolute Gasteiger partial charge is 0.542 e. The molecule has 1 aliphatic rings. The van der Waals surface area contributed by atoms with Crippen LogP contribution in [0.15, 0.2) is 65.8 Å². The van der Waals surface area contributed by atoms with Crippen LogP contribution in [0, 0.1) is 23.3 Å². The molecule has 0 saturated heterocycles. The first kappa shape index (κ1) is 29.9. The lowest BCUT2D eigenvalue weighted by Gasteiger charge is -2.43. The maximum absolute atomic E-state index is 14.7. The van der Waals surface area contributed by atoms with Crippen LogP contribution < -0.4 is 4.43 Å². The van der Waals surface area contributed by atoms with Gasteiger partial charge in [-0.1, -0.05) is 71.5 Å². The molecule has 1 aliphatic heterocycles. The van der Waals surface area contributed by atoms with E-state index in [-0.39, 0.29) is 16.6 Å². The van der Waals surface area contributed by atoms with Crippen molar-refractivity contribution in [1.82, 2.24) is 5.01 Å². The van der Waals surface area contributed by atoms with Gasteiger partial charge in [0.05, 0.1) is 0 Å². The predicted octanol–water partition coefficient (Wildman–Crippen LogP) is 9.05. The first-order valence-electron chi connectivity index (χ1n) is 13.1. The predicted molar refractivity (Wildman–Crippen MR) is 154 cm³/mol. The van der Waals surface area contributed by atoms with E-state index in [4.69, 9.17) is 4.43 Å². The van der Waals surface area contributed by atoms with Crippen LogP contribution >= 0.6 is 11.8 Å². The van der Waals surface area contributed by atoms with E-state index in [9.17, 15) is 22.4 Å². The number of benzene rings is 3. The second-order valence-electron chi connectivity index (χ2n) is 10.7. The average Bonchev–Trinajstić information content (AvgIpc) is 3.32. The van der Waals surface area contributed by atoms with Gasteiger partial charge in [-0.15, -0.1) is 0 Å². The van der Waals surface area contributed by atoms with E-state index in [2.05, 4.69) is 46.6 Å². The summed E-state index contributed by atoms with van der Waals surface area (Å²) < 4.78 is 63.7. The van der Waals surface area contributed by atoms with Gasteiger partial charge in [-0.3, -0.25) is 4.79 Å². The molecule has 1 unspecified atom stereocenters. The number of rotatable bonds is 8. The van der Waals surface area contributed by atoms with E-state index >= 15 is 0 Å². The molecular formula is C30H32F4N2O2SSi. The monoisotopic (exact) mass is 588 g/mol. The van der Waals surface area contributed by atoms with Crippen molar-refractivity contribution >= 4 is 31.0 Å². The van der Waals surface area contributed by atoms with Gasteiger partial charge < -0.3 is 4.43 Å². The molecule has 0 bridgehead atoms. The number of carbonyl (C=O) groups excluding carboxylic acids is 1. The molecule has 0 saturated carbocycles. The molecule has 0 spiro atoms. The first-order chi connectivity index (χ1) is 18.9. The number of nitrogens with zero attached hydrogens (tertiary/aromatic N) is 2.